The maximum absolute atomic E-state index is 13.3. The summed E-state index contributed by atoms with van der Waals surface area (Å²) in [7, 11) is -2.12. The Labute approximate surface area is 204 Å². The number of carbonyl (C=O) groups is 1. The van der Waals surface area contributed by atoms with Gasteiger partial charge in [0.25, 0.3) is 0 Å². The summed E-state index contributed by atoms with van der Waals surface area (Å²) in [5, 5.41) is 0. The molecule has 1 saturated heterocycles. The topological polar surface area (TPSA) is 74.0 Å². The van der Waals surface area contributed by atoms with Gasteiger partial charge in [-0.15, -0.1) is 0 Å². The van der Waals surface area contributed by atoms with Gasteiger partial charge in [-0.3, -0.25) is 9.69 Å². The molecular weight excluding hydrogens is 380 g/mol. The van der Waals surface area contributed by atoms with Gasteiger partial charge in [0.15, 0.2) is 11.5 Å². The summed E-state index contributed by atoms with van der Waals surface area (Å²) in [6.45, 7) is -4.45. The van der Waals surface area contributed by atoms with Gasteiger partial charge in [-0.25, -0.2) is 0 Å². The molecule has 30 heavy (non-hydrogen) atoms. The Morgan fingerprint density at radius 3 is 2.90 bits per heavy atom. The van der Waals surface area contributed by atoms with E-state index in [9.17, 15) is 13.0 Å². The van der Waals surface area contributed by atoms with Crippen LogP contribution in [0.15, 0.2) is 12.1 Å². The van der Waals surface area contributed by atoms with Gasteiger partial charge >= 0.3 is 5.97 Å². The molecule has 6 heteroatoms. The van der Waals surface area contributed by atoms with Gasteiger partial charge in [0.05, 0.1) is 22.4 Å². The van der Waals surface area contributed by atoms with Gasteiger partial charge < -0.3 is 19.9 Å². The number of fused-ring (bicyclic) bond motifs is 3. The van der Waals surface area contributed by atoms with Crippen molar-refractivity contribution in [2.24, 2.45) is 23.4 Å². The fourth-order valence-electron chi connectivity index (χ4n) is 3.13. The van der Waals surface area contributed by atoms with E-state index in [0.717, 1.165) is 7.11 Å². The Bertz CT molecular complexity index is 1410. The number of benzene rings is 1. The fraction of sp³-hybridized carbons (Fsp3) is 0.708. The highest BCUT2D eigenvalue weighted by molar-refractivity contribution is 5.76. The van der Waals surface area contributed by atoms with E-state index < -0.39 is 117 Å². The summed E-state index contributed by atoms with van der Waals surface area (Å²) in [4.78, 5) is 13.9. The number of rotatable bonds is 7. The van der Waals surface area contributed by atoms with Crippen molar-refractivity contribution in [3.63, 3.8) is 0 Å². The molecule has 0 radical (unpaired) electrons. The molecule has 2 heterocycles. The van der Waals surface area contributed by atoms with E-state index in [1.54, 1.807) is 0 Å². The van der Waals surface area contributed by atoms with E-state index in [1.807, 2.05) is 0 Å². The molecule has 168 valence electrons. The molecule has 0 amide bonds. The van der Waals surface area contributed by atoms with Crippen LogP contribution in [-0.2, 0) is 16.0 Å². The molecule has 1 fully saturated rings. The van der Waals surface area contributed by atoms with E-state index in [0.29, 0.717) is 11.8 Å². The van der Waals surface area contributed by atoms with E-state index in [-0.39, 0.29) is 5.56 Å². The van der Waals surface area contributed by atoms with Crippen molar-refractivity contribution in [2.45, 2.75) is 65.0 Å². The van der Waals surface area contributed by atoms with E-state index in [4.69, 9.17) is 35.0 Å². The summed E-state index contributed by atoms with van der Waals surface area (Å²) >= 11 is 0. The maximum Gasteiger partial charge on any atom is 0.323 e. The van der Waals surface area contributed by atoms with Crippen LogP contribution in [-0.4, -0.2) is 50.2 Å². The summed E-state index contributed by atoms with van der Waals surface area (Å²) < 4.78 is 161. The molecule has 4 unspecified atom stereocenters. The van der Waals surface area contributed by atoms with Crippen molar-refractivity contribution >= 4 is 5.97 Å². The number of esters is 1. The van der Waals surface area contributed by atoms with Gasteiger partial charge in [-0.1, -0.05) is 27.6 Å². The summed E-state index contributed by atoms with van der Waals surface area (Å²) in [5.41, 5.74) is 5.15. The van der Waals surface area contributed by atoms with Crippen molar-refractivity contribution < 1.29 is 42.3 Å². The fourth-order valence-corrected chi connectivity index (χ4v) is 3.13. The molecule has 0 aliphatic carbocycles. The minimum atomic E-state index is -4.07. The van der Waals surface area contributed by atoms with Crippen molar-refractivity contribution in [3.8, 4) is 11.5 Å². The van der Waals surface area contributed by atoms with Crippen LogP contribution in [0.25, 0.3) is 0 Å². The summed E-state index contributed by atoms with van der Waals surface area (Å²) in [5.74, 6) is -11.1. The highest BCUT2D eigenvalue weighted by atomic mass is 16.5. The molecule has 2 N–H and O–H groups in total. The van der Waals surface area contributed by atoms with Crippen molar-refractivity contribution in [1.29, 1.82) is 0 Å². The third-order valence-electron chi connectivity index (χ3n) is 4.79. The smallest absolute Gasteiger partial charge is 0.323 e. The minimum Gasteiger partial charge on any atom is -0.493 e. The largest absolute Gasteiger partial charge is 0.493 e. The van der Waals surface area contributed by atoms with E-state index in [2.05, 4.69) is 0 Å². The van der Waals surface area contributed by atoms with Crippen LogP contribution in [0.1, 0.15) is 80.8 Å². The molecule has 1 aromatic rings. The molecule has 0 spiro atoms. The van der Waals surface area contributed by atoms with Crippen molar-refractivity contribution in [3.05, 3.63) is 23.2 Å². The number of piperidine rings is 1. The van der Waals surface area contributed by atoms with Gasteiger partial charge in [-0.05, 0) is 47.8 Å². The lowest BCUT2D eigenvalue weighted by Gasteiger charge is -2.47. The first-order valence-corrected chi connectivity index (χ1v) is 9.47. The second kappa shape index (κ2) is 9.56. The molecule has 1 aromatic carbocycles. The Morgan fingerprint density at radius 2 is 2.23 bits per heavy atom. The van der Waals surface area contributed by atoms with Crippen LogP contribution < -0.4 is 15.2 Å². The summed E-state index contributed by atoms with van der Waals surface area (Å²) in [6, 6.07) is -5.31. The minimum absolute atomic E-state index is 0.225. The van der Waals surface area contributed by atoms with Gasteiger partial charge in [0, 0.05) is 46.4 Å². The van der Waals surface area contributed by atoms with E-state index in [1.165, 1.54) is 13.8 Å². The lowest BCUT2D eigenvalue weighted by atomic mass is 9.79. The Hall–Kier alpha value is -1.79. The molecule has 2 aliphatic rings. The molecule has 0 aromatic heterocycles. The van der Waals surface area contributed by atoms with E-state index >= 15 is 0 Å². The van der Waals surface area contributed by atoms with Crippen LogP contribution in [0.5, 0.6) is 11.5 Å². The van der Waals surface area contributed by atoms with Crippen LogP contribution in [0.2, 0.25) is 0 Å². The predicted octanol–water partition coefficient (Wildman–Crippen LogP) is 3.56. The zero-order valence-corrected chi connectivity index (χ0v) is 17.3. The molecule has 0 saturated carbocycles. The number of nitrogens with zero attached hydrogens (tertiary/aromatic N) is 1. The Morgan fingerprint density at radius 1 is 1.47 bits per heavy atom. The summed E-state index contributed by atoms with van der Waals surface area (Å²) in [6.07, 6.45) is -12.1. The monoisotopic (exact) mass is 435 g/mol. The third-order valence-corrected chi connectivity index (χ3v) is 4.79. The normalized spacial score (nSPS) is 44.7. The zero-order chi connectivity index (χ0) is 36.9. The van der Waals surface area contributed by atoms with Crippen LogP contribution in [0.4, 0.5) is 0 Å². The molecule has 0 bridgehead atoms. The maximum atomic E-state index is 13.3. The second-order valence-corrected chi connectivity index (χ2v) is 7.35. The number of hydrogen-bond donors (Lipinski definition) is 1. The molecule has 3 rings (SSSR count). The lowest BCUT2D eigenvalue weighted by molar-refractivity contribution is -0.160. The standard InChI is InChI=1S/C24H38N2O4/c1-14(2)9-17-13-26-8-7-16-10-21(28-5)22(29-6)11-18(16)19(26)12-20(17)30-24(27)23(25)15(3)4/h10-11,14-15,17,19-20,23H,7-9,12-13,25H2,1-6H3/t17?,19?,20?,23-/m0/s1/i1D3,5D3,9D2,10D,11D,12D2,13D2,14D,17D,20D/t14?,17?,19?,20?,23-. The predicted molar refractivity (Wildman–Crippen MR) is 118 cm³/mol. The average molecular weight is 436 g/mol. The van der Waals surface area contributed by atoms with Crippen molar-refractivity contribution in [2.75, 3.05) is 27.2 Å². The number of carbonyl (C=O) groups excluding carboxylic acids is 1. The molecule has 2 aliphatic heterocycles. The number of hydrogen-bond acceptors (Lipinski definition) is 6. The first kappa shape index (κ1) is 9.37. The van der Waals surface area contributed by atoms with Gasteiger partial charge in [0.1, 0.15) is 12.1 Å². The number of ether oxygens (including phenoxy) is 3. The van der Waals surface area contributed by atoms with Crippen molar-refractivity contribution in [1.82, 2.24) is 4.90 Å². The average Bonchev–Trinajstić information content (AvgIpc) is 2.91. The van der Waals surface area contributed by atoms with Gasteiger partial charge in [0.2, 0.25) is 0 Å². The molecule has 6 nitrogen and oxygen atoms in total. The van der Waals surface area contributed by atoms with Crippen LogP contribution in [0.3, 0.4) is 0 Å². The zero-order valence-electron chi connectivity index (χ0n) is 34.3. The number of nitrogens with two attached hydrogens (primary N) is 1. The SMILES string of the molecule is [2H]c1c2c(c([2H])c(OC)c1OC([2H])([2H])[2H])C1N(CC2)C([2H])([2H])C([2H])(C([2H])([2H])C([2H])(C)C([2H])([2H])[2H])C([2H])(OC(=O)[C@@H](N)C(C)C)C1([2H])[2H]. The first-order valence-electron chi connectivity index (χ1n) is 18.0. The lowest BCUT2D eigenvalue weighted by Crippen LogP contribution is -2.51. The second-order valence-electron chi connectivity index (χ2n) is 7.35. The number of methoxy groups -OCH3 is 2. The van der Waals surface area contributed by atoms with Crippen LogP contribution in [0, 0.1) is 17.7 Å². The quantitative estimate of drug-likeness (QED) is 0.660. The third kappa shape index (κ3) is 4.75. The molecular formula is C24H38N2O4. The Balaban J connectivity index is 2.53. The first-order chi connectivity index (χ1) is 20.8. The van der Waals surface area contributed by atoms with Gasteiger partial charge in [-0.2, -0.15) is 0 Å². The van der Waals surface area contributed by atoms with Crippen LogP contribution >= 0.6 is 0 Å². The molecule has 5 atom stereocenters. The highest BCUT2D eigenvalue weighted by Gasteiger charge is 2.41. The highest BCUT2D eigenvalue weighted by Crippen LogP contribution is 2.44. The Kier molecular flexibility index (Phi) is 2.99.